The van der Waals surface area contributed by atoms with E-state index in [2.05, 4.69) is 11.0 Å². The second-order valence-corrected chi connectivity index (χ2v) is 5.21. The third kappa shape index (κ3) is 3.85. The van der Waals surface area contributed by atoms with Crippen LogP contribution in [0.25, 0.3) is 0 Å². The summed E-state index contributed by atoms with van der Waals surface area (Å²) in [4.78, 5) is 2.28. The lowest BCUT2D eigenvalue weighted by Crippen LogP contribution is -2.32. The van der Waals surface area contributed by atoms with Gasteiger partial charge in [0.1, 0.15) is 5.75 Å². The molecule has 3 rings (SSSR count). The van der Waals surface area contributed by atoms with Crippen molar-refractivity contribution in [1.82, 2.24) is 0 Å². The highest BCUT2D eigenvalue weighted by Gasteiger charge is 2.31. The summed E-state index contributed by atoms with van der Waals surface area (Å²) in [6.45, 7) is 4.12. The van der Waals surface area contributed by atoms with Gasteiger partial charge in [-0.05, 0) is 12.1 Å². The molecule has 2 saturated heterocycles. The van der Waals surface area contributed by atoms with E-state index in [1.165, 1.54) is 0 Å². The van der Waals surface area contributed by atoms with E-state index in [-0.39, 0.29) is 6.61 Å². The molecule has 0 radical (unpaired) electrons. The van der Waals surface area contributed by atoms with Crippen LogP contribution >= 0.6 is 0 Å². The first-order valence-corrected chi connectivity index (χ1v) is 7.17. The van der Waals surface area contributed by atoms with E-state index in [0.717, 1.165) is 37.7 Å². The maximum atomic E-state index is 8.85. The van der Waals surface area contributed by atoms with Crippen molar-refractivity contribution in [1.29, 1.82) is 0 Å². The zero-order chi connectivity index (χ0) is 13.8. The van der Waals surface area contributed by atoms with Gasteiger partial charge in [-0.1, -0.05) is 12.1 Å². The number of aliphatic hydroxyl groups excluding tert-OH is 1. The zero-order valence-corrected chi connectivity index (χ0v) is 11.5. The summed E-state index contributed by atoms with van der Waals surface area (Å²) < 4.78 is 16.5. The number of rotatable bonds is 9. The Kier molecular flexibility index (Phi) is 4.40. The first-order chi connectivity index (χ1) is 9.86. The van der Waals surface area contributed by atoms with E-state index in [9.17, 15) is 0 Å². The fourth-order valence-corrected chi connectivity index (χ4v) is 2.20. The molecule has 1 aromatic rings. The van der Waals surface area contributed by atoms with Crippen LogP contribution < -0.4 is 9.64 Å². The van der Waals surface area contributed by atoms with Crippen LogP contribution in [-0.2, 0) is 9.47 Å². The standard InChI is InChI=1S/C15H21NO4/c17-6-3-7-18-15-5-2-1-4-14(15)16(8-12-10-19-12)9-13-11-20-13/h1-2,4-5,12-13,17H,3,6-11H2. The summed E-state index contributed by atoms with van der Waals surface area (Å²) in [5.41, 5.74) is 1.08. The third-order valence-electron chi connectivity index (χ3n) is 3.42. The molecule has 1 aromatic carbocycles. The van der Waals surface area contributed by atoms with Gasteiger partial charge in [0.05, 0.1) is 37.7 Å². The smallest absolute Gasteiger partial charge is 0.142 e. The Balaban J connectivity index is 1.69. The third-order valence-corrected chi connectivity index (χ3v) is 3.42. The van der Waals surface area contributed by atoms with E-state index < -0.39 is 0 Å². The molecule has 0 bridgehead atoms. The quantitative estimate of drug-likeness (QED) is 0.541. The van der Waals surface area contributed by atoms with E-state index in [0.29, 0.717) is 25.2 Å². The Morgan fingerprint density at radius 3 is 2.40 bits per heavy atom. The number of aliphatic hydroxyl groups is 1. The molecule has 5 heteroatoms. The Bertz CT molecular complexity index is 418. The molecule has 2 unspecified atom stereocenters. The molecule has 2 atom stereocenters. The van der Waals surface area contributed by atoms with Crippen molar-refractivity contribution in [2.24, 2.45) is 0 Å². The van der Waals surface area contributed by atoms with Crippen molar-refractivity contribution < 1.29 is 19.3 Å². The van der Waals surface area contributed by atoms with Gasteiger partial charge >= 0.3 is 0 Å². The van der Waals surface area contributed by atoms with Gasteiger partial charge in [-0.25, -0.2) is 0 Å². The monoisotopic (exact) mass is 279 g/mol. The van der Waals surface area contributed by atoms with Crippen LogP contribution in [0.3, 0.4) is 0 Å². The largest absolute Gasteiger partial charge is 0.491 e. The second-order valence-electron chi connectivity index (χ2n) is 5.21. The Morgan fingerprint density at radius 1 is 1.15 bits per heavy atom. The van der Waals surface area contributed by atoms with E-state index in [1.807, 2.05) is 18.2 Å². The molecule has 5 nitrogen and oxygen atoms in total. The predicted octanol–water partition coefficient (Wildman–Crippen LogP) is 1.05. The topological polar surface area (TPSA) is 57.8 Å². The van der Waals surface area contributed by atoms with E-state index >= 15 is 0 Å². The number of nitrogens with zero attached hydrogens (tertiary/aromatic N) is 1. The number of ether oxygens (including phenoxy) is 3. The molecule has 110 valence electrons. The molecule has 20 heavy (non-hydrogen) atoms. The van der Waals surface area contributed by atoms with Crippen LogP contribution in [-0.4, -0.2) is 56.8 Å². The maximum Gasteiger partial charge on any atom is 0.142 e. The minimum Gasteiger partial charge on any atom is -0.491 e. The summed E-state index contributed by atoms with van der Waals surface area (Å²) in [7, 11) is 0. The summed E-state index contributed by atoms with van der Waals surface area (Å²) in [6.07, 6.45) is 1.31. The molecular weight excluding hydrogens is 258 g/mol. The van der Waals surface area contributed by atoms with Crippen LogP contribution in [0.2, 0.25) is 0 Å². The lowest BCUT2D eigenvalue weighted by atomic mass is 10.2. The summed E-state index contributed by atoms with van der Waals surface area (Å²) >= 11 is 0. The summed E-state index contributed by atoms with van der Waals surface area (Å²) in [5, 5.41) is 8.85. The first-order valence-electron chi connectivity index (χ1n) is 7.17. The first kappa shape index (κ1) is 13.7. The molecule has 0 aliphatic carbocycles. The average molecular weight is 279 g/mol. The van der Waals surface area contributed by atoms with Crippen LogP contribution in [0.4, 0.5) is 5.69 Å². The Hall–Kier alpha value is -1.30. The Labute approximate surface area is 119 Å². The van der Waals surface area contributed by atoms with Gasteiger partial charge in [-0.15, -0.1) is 0 Å². The molecular formula is C15H21NO4. The molecule has 2 aliphatic rings. The Morgan fingerprint density at radius 2 is 1.80 bits per heavy atom. The summed E-state index contributed by atoms with van der Waals surface area (Å²) in [6, 6.07) is 8.03. The van der Waals surface area contributed by atoms with E-state index in [1.54, 1.807) is 0 Å². The van der Waals surface area contributed by atoms with Crippen molar-refractivity contribution in [2.45, 2.75) is 18.6 Å². The molecule has 0 aromatic heterocycles. The van der Waals surface area contributed by atoms with Gasteiger partial charge in [-0.3, -0.25) is 0 Å². The van der Waals surface area contributed by atoms with Crippen LogP contribution in [0, 0.1) is 0 Å². The highest BCUT2D eigenvalue weighted by atomic mass is 16.6. The fraction of sp³-hybridized carbons (Fsp3) is 0.600. The minimum atomic E-state index is 0.151. The van der Waals surface area contributed by atoms with Gasteiger partial charge in [0, 0.05) is 26.1 Å². The highest BCUT2D eigenvalue weighted by molar-refractivity contribution is 5.58. The van der Waals surface area contributed by atoms with Gasteiger partial charge in [-0.2, -0.15) is 0 Å². The van der Waals surface area contributed by atoms with Crippen LogP contribution in [0.1, 0.15) is 6.42 Å². The number of hydrogen-bond acceptors (Lipinski definition) is 5. The molecule has 2 fully saturated rings. The summed E-state index contributed by atoms with van der Waals surface area (Å²) in [5.74, 6) is 0.863. The van der Waals surface area contributed by atoms with Gasteiger partial charge in [0.25, 0.3) is 0 Å². The lowest BCUT2D eigenvalue weighted by Gasteiger charge is -2.25. The number of para-hydroxylation sites is 2. The lowest BCUT2D eigenvalue weighted by molar-refractivity contribution is 0.233. The van der Waals surface area contributed by atoms with Crippen LogP contribution in [0.15, 0.2) is 24.3 Å². The SMILES string of the molecule is OCCCOc1ccccc1N(CC1CO1)CC1CO1. The van der Waals surface area contributed by atoms with Crippen LogP contribution in [0.5, 0.6) is 5.75 Å². The fourth-order valence-electron chi connectivity index (χ4n) is 2.20. The number of epoxide rings is 2. The van der Waals surface area contributed by atoms with E-state index in [4.69, 9.17) is 19.3 Å². The molecule has 1 N–H and O–H groups in total. The number of hydrogen-bond donors (Lipinski definition) is 1. The normalized spacial score (nSPS) is 23.4. The number of anilines is 1. The molecule has 0 spiro atoms. The van der Waals surface area contributed by atoms with Gasteiger partial charge < -0.3 is 24.2 Å². The maximum absolute atomic E-state index is 8.85. The van der Waals surface area contributed by atoms with Crippen molar-refractivity contribution in [2.75, 3.05) is 44.4 Å². The molecule has 2 heterocycles. The number of benzene rings is 1. The van der Waals surface area contributed by atoms with Gasteiger partial charge in [0.15, 0.2) is 0 Å². The predicted molar refractivity (Wildman–Crippen MR) is 75.3 cm³/mol. The molecule has 0 saturated carbocycles. The molecule has 0 amide bonds. The van der Waals surface area contributed by atoms with Crippen molar-refractivity contribution in [3.05, 3.63) is 24.3 Å². The molecule has 2 aliphatic heterocycles. The second kappa shape index (κ2) is 6.43. The average Bonchev–Trinajstić information content (AvgIpc) is 3.34. The van der Waals surface area contributed by atoms with Crippen molar-refractivity contribution in [3.8, 4) is 5.75 Å². The minimum absolute atomic E-state index is 0.151. The van der Waals surface area contributed by atoms with Crippen molar-refractivity contribution >= 4 is 5.69 Å². The van der Waals surface area contributed by atoms with Gasteiger partial charge in [0.2, 0.25) is 0 Å². The zero-order valence-electron chi connectivity index (χ0n) is 11.5. The highest BCUT2D eigenvalue weighted by Crippen LogP contribution is 2.31. The van der Waals surface area contributed by atoms with Crippen molar-refractivity contribution in [3.63, 3.8) is 0 Å².